The highest BCUT2D eigenvalue weighted by Crippen LogP contribution is 2.34. The molecule has 0 spiro atoms. The van der Waals surface area contributed by atoms with E-state index in [1.54, 1.807) is 29.7 Å². The normalized spacial score (nSPS) is 24.4. The molecule has 0 aromatic carbocycles. The molecule has 2 atom stereocenters. The summed E-state index contributed by atoms with van der Waals surface area (Å²) in [6.07, 6.45) is 0. The molecule has 1 N–H and O–H groups in total. The van der Waals surface area contributed by atoms with Gasteiger partial charge in [-0.1, -0.05) is 23.8 Å². The lowest BCUT2D eigenvalue weighted by Crippen LogP contribution is -2.26. The van der Waals surface area contributed by atoms with E-state index in [4.69, 9.17) is 23.8 Å². The monoisotopic (exact) mass is 273 g/mol. The highest BCUT2D eigenvalue weighted by molar-refractivity contribution is 7.80. The lowest BCUT2D eigenvalue weighted by atomic mass is 9.93. The molecule has 7 heteroatoms. The quantitative estimate of drug-likeness (QED) is 0.819. The van der Waals surface area contributed by atoms with Crippen molar-refractivity contribution in [2.75, 3.05) is 13.6 Å². The first-order valence-electron chi connectivity index (χ1n) is 5.09. The lowest BCUT2D eigenvalue weighted by molar-refractivity contribution is -0.139. The molecule has 5 nitrogen and oxygen atoms in total. The van der Waals surface area contributed by atoms with Gasteiger partial charge in [0.1, 0.15) is 5.92 Å². The summed E-state index contributed by atoms with van der Waals surface area (Å²) < 4.78 is 1.62. The Morgan fingerprint density at radius 2 is 2.29 bits per heavy atom. The van der Waals surface area contributed by atoms with Crippen LogP contribution in [0, 0.1) is 5.92 Å². The second-order valence-corrected chi connectivity index (χ2v) is 4.96. The summed E-state index contributed by atoms with van der Waals surface area (Å²) in [7, 11) is 3.55. The van der Waals surface area contributed by atoms with Crippen molar-refractivity contribution in [2.24, 2.45) is 13.0 Å². The minimum absolute atomic E-state index is 0.199. The van der Waals surface area contributed by atoms with Crippen molar-refractivity contribution in [2.45, 2.75) is 5.92 Å². The van der Waals surface area contributed by atoms with Crippen LogP contribution in [0.2, 0.25) is 5.15 Å². The zero-order valence-electron chi connectivity index (χ0n) is 9.42. The van der Waals surface area contributed by atoms with Gasteiger partial charge in [0.05, 0.1) is 4.99 Å². The Labute approximate surface area is 109 Å². The number of aryl methyl sites for hydroxylation is 1. The predicted molar refractivity (Wildman–Crippen MR) is 67.3 cm³/mol. The standard InChI is InChI=1S/C10H12ClN3O2S/c1-13-4-5(8(9(13)17)10(15)16)6-3-7(11)12-14(6)2/h3,5,8H,4H2,1-2H3,(H,15,16). The number of aromatic nitrogens is 2. The zero-order chi connectivity index (χ0) is 12.7. The first kappa shape index (κ1) is 12.3. The van der Waals surface area contributed by atoms with E-state index in [1.807, 2.05) is 0 Å². The van der Waals surface area contributed by atoms with Gasteiger partial charge in [-0.3, -0.25) is 9.48 Å². The van der Waals surface area contributed by atoms with Gasteiger partial charge in [0.25, 0.3) is 0 Å². The number of nitrogens with zero attached hydrogens (tertiary/aromatic N) is 3. The maximum atomic E-state index is 11.3. The van der Waals surface area contributed by atoms with Gasteiger partial charge < -0.3 is 10.0 Å². The second-order valence-electron chi connectivity index (χ2n) is 4.16. The van der Waals surface area contributed by atoms with Crippen LogP contribution >= 0.6 is 23.8 Å². The molecule has 2 heterocycles. The summed E-state index contributed by atoms with van der Waals surface area (Å²) in [4.78, 5) is 13.5. The van der Waals surface area contributed by atoms with E-state index in [0.29, 0.717) is 16.7 Å². The van der Waals surface area contributed by atoms with Crippen LogP contribution in [0.3, 0.4) is 0 Å². The summed E-state index contributed by atoms with van der Waals surface area (Å²) in [5, 5.41) is 13.6. The lowest BCUT2D eigenvalue weighted by Gasteiger charge is -2.13. The van der Waals surface area contributed by atoms with Crippen LogP contribution in [0.4, 0.5) is 0 Å². The fourth-order valence-corrected chi connectivity index (χ4v) is 2.80. The maximum absolute atomic E-state index is 11.3. The van der Waals surface area contributed by atoms with Crippen LogP contribution in [-0.2, 0) is 11.8 Å². The first-order valence-corrected chi connectivity index (χ1v) is 5.87. The van der Waals surface area contributed by atoms with Gasteiger partial charge in [0.2, 0.25) is 0 Å². The first-order chi connectivity index (χ1) is 7.91. The molecule has 0 bridgehead atoms. The highest BCUT2D eigenvalue weighted by Gasteiger charge is 2.42. The number of hydrogen-bond acceptors (Lipinski definition) is 3. The van der Waals surface area contributed by atoms with Crippen LogP contribution < -0.4 is 0 Å². The van der Waals surface area contributed by atoms with E-state index < -0.39 is 11.9 Å². The van der Waals surface area contributed by atoms with Crippen molar-refractivity contribution in [1.82, 2.24) is 14.7 Å². The Morgan fingerprint density at radius 3 is 2.76 bits per heavy atom. The van der Waals surface area contributed by atoms with E-state index >= 15 is 0 Å². The van der Waals surface area contributed by atoms with E-state index in [1.165, 1.54) is 0 Å². The minimum atomic E-state index is -0.901. The van der Waals surface area contributed by atoms with Crippen molar-refractivity contribution in [1.29, 1.82) is 0 Å². The Balaban J connectivity index is 2.41. The summed E-state index contributed by atoms with van der Waals surface area (Å²) in [5.74, 6) is -1.78. The molecule has 0 saturated carbocycles. The average Bonchev–Trinajstić information content (AvgIpc) is 2.68. The van der Waals surface area contributed by atoms with Crippen LogP contribution in [0.5, 0.6) is 0 Å². The maximum Gasteiger partial charge on any atom is 0.314 e. The summed E-state index contributed by atoms with van der Waals surface area (Å²) in [6.45, 7) is 0.575. The summed E-state index contributed by atoms with van der Waals surface area (Å²) in [5.41, 5.74) is 0.800. The van der Waals surface area contributed by atoms with Crippen molar-refractivity contribution < 1.29 is 9.90 Å². The Bertz CT molecular complexity index is 488. The fourth-order valence-electron chi connectivity index (χ4n) is 2.23. The van der Waals surface area contributed by atoms with Crippen molar-refractivity contribution in [3.8, 4) is 0 Å². The molecule has 0 radical (unpaired) electrons. The molecule has 0 amide bonds. The molecule has 1 fully saturated rings. The molecule has 1 aliphatic rings. The topological polar surface area (TPSA) is 58.4 Å². The summed E-state index contributed by atoms with van der Waals surface area (Å²) in [6, 6.07) is 1.70. The van der Waals surface area contributed by atoms with Gasteiger partial charge in [-0.2, -0.15) is 5.10 Å². The minimum Gasteiger partial charge on any atom is -0.481 e. The third kappa shape index (κ3) is 2.02. The van der Waals surface area contributed by atoms with Gasteiger partial charge in [-0.15, -0.1) is 0 Å². The third-order valence-corrected chi connectivity index (χ3v) is 3.80. The molecule has 2 unspecified atom stereocenters. The number of carboxylic acids is 1. The van der Waals surface area contributed by atoms with Crippen LogP contribution in [0.1, 0.15) is 11.6 Å². The van der Waals surface area contributed by atoms with Crippen LogP contribution in [-0.4, -0.2) is 44.3 Å². The average molecular weight is 274 g/mol. The van der Waals surface area contributed by atoms with Crippen molar-refractivity contribution >= 4 is 34.8 Å². The Kier molecular flexibility index (Phi) is 3.09. The number of likely N-dealkylation sites (tertiary alicyclic amines) is 1. The highest BCUT2D eigenvalue weighted by atomic mass is 35.5. The van der Waals surface area contributed by atoms with Gasteiger partial charge >= 0.3 is 5.97 Å². The van der Waals surface area contributed by atoms with Gasteiger partial charge in [0.15, 0.2) is 5.15 Å². The van der Waals surface area contributed by atoms with Crippen molar-refractivity contribution in [3.05, 3.63) is 16.9 Å². The fraction of sp³-hybridized carbons (Fsp3) is 0.500. The number of halogens is 1. The molecular formula is C10H12ClN3O2S. The van der Waals surface area contributed by atoms with E-state index in [0.717, 1.165) is 5.69 Å². The van der Waals surface area contributed by atoms with Crippen LogP contribution in [0.25, 0.3) is 0 Å². The summed E-state index contributed by atoms with van der Waals surface area (Å²) >= 11 is 11.0. The molecule has 17 heavy (non-hydrogen) atoms. The van der Waals surface area contributed by atoms with Gasteiger partial charge in [0, 0.05) is 32.3 Å². The Hall–Kier alpha value is -1.14. The number of likely N-dealkylation sites (N-methyl/N-ethyl adjacent to an activating group) is 1. The number of thiocarbonyl (C=S) groups is 1. The molecule has 1 aromatic rings. The number of carboxylic acid groups (broad SMARTS) is 1. The number of rotatable bonds is 2. The number of aliphatic carboxylic acids is 1. The van der Waals surface area contributed by atoms with Gasteiger partial charge in [-0.05, 0) is 6.07 Å². The SMILES string of the molecule is CN1CC(c2cc(Cl)nn2C)C(C(=O)O)C1=S. The molecule has 1 saturated heterocycles. The zero-order valence-corrected chi connectivity index (χ0v) is 11.0. The smallest absolute Gasteiger partial charge is 0.314 e. The molecule has 0 aliphatic carbocycles. The second kappa shape index (κ2) is 4.27. The largest absolute Gasteiger partial charge is 0.481 e. The number of carbonyl (C=O) groups is 1. The molecule has 92 valence electrons. The third-order valence-electron chi connectivity index (χ3n) is 3.05. The van der Waals surface area contributed by atoms with Gasteiger partial charge in [-0.25, -0.2) is 0 Å². The number of hydrogen-bond donors (Lipinski definition) is 1. The molecule has 1 aromatic heterocycles. The van der Waals surface area contributed by atoms with E-state index in [2.05, 4.69) is 5.10 Å². The Morgan fingerprint density at radius 1 is 1.65 bits per heavy atom. The molecule has 1 aliphatic heterocycles. The van der Waals surface area contributed by atoms with E-state index in [-0.39, 0.29) is 5.92 Å². The van der Waals surface area contributed by atoms with Crippen molar-refractivity contribution in [3.63, 3.8) is 0 Å². The van der Waals surface area contributed by atoms with E-state index in [9.17, 15) is 9.90 Å². The molecule has 2 rings (SSSR count). The predicted octanol–water partition coefficient (Wildman–Crippen LogP) is 1.13. The van der Waals surface area contributed by atoms with Crippen LogP contribution in [0.15, 0.2) is 6.07 Å². The molecular weight excluding hydrogens is 262 g/mol.